The summed E-state index contributed by atoms with van der Waals surface area (Å²) < 4.78 is 27.3. The van der Waals surface area contributed by atoms with Crippen molar-refractivity contribution in [2.24, 2.45) is 0 Å². The zero-order valence-corrected chi connectivity index (χ0v) is 9.86. The highest BCUT2D eigenvalue weighted by Gasteiger charge is 2.42. The first-order valence-corrected chi connectivity index (χ1v) is 6.39. The second-order valence-electron chi connectivity index (χ2n) is 4.14. The molecule has 1 saturated heterocycles. The van der Waals surface area contributed by atoms with Crippen LogP contribution < -0.4 is 0 Å². The van der Waals surface area contributed by atoms with Gasteiger partial charge in [0, 0.05) is 5.25 Å². The van der Waals surface area contributed by atoms with Gasteiger partial charge in [0.1, 0.15) is 17.2 Å². The van der Waals surface area contributed by atoms with E-state index in [2.05, 4.69) is 0 Å². The molecule has 2 rings (SSSR count). The zero-order chi connectivity index (χ0) is 11.8. The monoisotopic (exact) mass is 244 g/mol. The van der Waals surface area contributed by atoms with Crippen molar-refractivity contribution in [1.29, 1.82) is 0 Å². The lowest BCUT2D eigenvalue weighted by atomic mass is 9.85. The fourth-order valence-electron chi connectivity index (χ4n) is 2.18. The third-order valence-electron chi connectivity index (χ3n) is 3.14. The van der Waals surface area contributed by atoms with Crippen molar-refractivity contribution >= 4 is 11.8 Å². The topological polar surface area (TPSA) is 20.2 Å². The predicted molar refractivity (Wildman–Crippen MR) is 61.4 cm³/mol. The molecular formula is C12H14F2OS. The van der Waals surface area contributed by atoms with Gasteiger partial charge in [0.15, 0.2) is 0 Å². The molecule has 1 aromatic rings. The van der Waals surface area contributed by atoms with Crippen molar-refractivity contribution in [1.82, 2.24) is 0 Å². The van der Waals surface area contributed by atoms with Crippen LogP contribution in [0.4, 0.5) is 8.78 Å². The minimum atomic E-state index is -1.38. The maximum absolute atomic E-state index is 13.6. The Bertz CT molecular complexity index is 376. The SMILES string of the molecule is CC1SCCCC1(O)c1c(F)cccc1F. The Hall–Kier alpha value is -0.610. The maximum Gasteiger partial charge on any atom is 0.132 e. The summed E-state index contributed by atoms with van der Waals surface area (Å²) in [6.07, 6.45) is 1.19. The summed E-state index contributed by atoms with van der Waals surface area (Å²) in [5.74, 6) is -0.381. The van der Waals surface area contributed by atoms with E-state index in [0.29, 0.717) is 6.42 Å². The first kappa shape index (κ1) is 11.9. The van der Waals surface area contributed by atoms with Gasteiger partial charge in [-0.1, -0.05) is 13.0 Å². The molecule has 0 spiro atoms. The number of hydrogen-bond acceptors (Lipinski definition) is 2. The molecule has 1 heterocycles. The van der Waals surface area contributed by atoms with Gasteiger partial charge < -0.3 is 5.11 Å². The molecular weight excluding hydrogens is 230 g/mol. The molecule has 1 aliphatic heterocycles. The average molecular weight is 244 g/mol. The lowest BCUT2D eigenvalue weighted by molar-refractivity contribution is 0.0183. The molecule has 1 aliphatic rings. The van der Waals surface area contributed by atoms with Crippen molar-refractivity contribution in [2.45, 2.75) is 30.6 Å². The van der Waals surface area contributed by atoms with Gasteiger partial charge in [-0.05, 0) is 30.7 Å². The number of thioether (sulfide) groups is 1. The molecule has 2 unspecified atom stereocenters. The summed E-state index contributed by atoms with van der Waals surface area (Å²) in [6, 6.07) is 3.71. The molecule has 1 fully saturated rings. The summed E-state index contributed by atoms with van der Waals surface area (Å²) in [6.45, 7) is 1.82. The number of aliphatic hydroxyl groups is 1. The van der Waals surface area contributed by atoms with Gasteiger partial charge >= 0.3 is 0 Å². The van der Waals surface area contributed by atoms with Crippen molar-refractivity contribution in [3.63, 3.8) is 0 Å². The minimum absolute atomic E-state index is 0.172. The third-order valence-corrected chi connectivity index (χ3v) is 4.55. The van der Waals surface area contributed by atoms with Gasteiger partial charge in [-0.25, -0.2) is 8.78 Å². The third kappa shape index (κ3) is 1.84. The van der Waals surface area contributed by atoms with Crippen molar-refractivity contribution < 1.29 is 13.9 Å². The fraction of sp³-hybridized carbons (Fsp3) is 0.500. The van der Waals surface area contributed by atoms with Crippen LogP contribution >= 0.6 is 11.8 Å². The van der Waals surface area contributed by atoms with E-state index < -0.39 is 17.2 Å². The van der Waals surface area contributed by atoms with Gasteiger partial charge in [0.25, 0.3) is 0 Å². The molecule has 2 atom stereocenters. The first-order chi connectivity index (χ1) is 7.55. The van der Waals surface area contributed by atoms with Crippen LogP contribution in [0.15, 0.2) is 18.2 Å². The van der Waals surface area contributed by atoms with E-state index in [1.165, 1.54) is 18.2 Å². The second-order valence-corrected chi connectivity index (χ2v) is 5.59. The van der Waals surface area contributed by atoms with Crippen molar-refractivity contribution in [3.05, 3.63) is 35.4 Å². The molecule has 16 heavy (non-hydrogen) atoms. The maximum atomic E-state index is 13.6. The smallest absolute Gasteiger partial charge is 0.132 e. The van der Waals surface area contributed by atoms with Crippen LogP contribution in [0.25, 0.3) is 0 Å². The van der Waals surface area contributed by atoms with Crippen molar-refractivity contribution in [2.75, 3.05) is 5.75 Å². The Labute approximate surface area is 97.9 Å². The first-order valence-electron chi connectivity index (χ1n) is 5.34. The van der Waals surface area contributed by atoms with E-state index in [0.717, 1.165) is 12.2 Å². The van der Waals surface area contributed by atoms with Gasteiger partial charge in [-0.3, -0.25) is 0 Å². The van der Waals surface area contributed by atoms with Crippen molar-refractivity contribution in [3.8, 4) is 0 Å². The summed E-state index contributed by atoms with van der Waals surface area (Å²) in [7, 11) is 0. The highest BCUT2D eigenvalue weighted by atomic mass is 32.2. The summed E-state index contributed by atoms with van der Waals surface area (Å²) in [5.41, 5.74) is -1.55. The van der Waals surface area contributed by atoms with Crippen LogP contribution in [-0.2, 0) is 5.60 Å². The lowest BCUT2D eigenvalue weighted by Gasteiger charge is -2.38. The number of benzene rings is 1. The highest BCUT2D eigenvalue weighted by Crippen LogP contribution is 2.43. The van der Waals surface area contributed by atoms with E-state index in [1.54, 1.807) is 11.8 Å². The van der Waals surface area contributed by atoms with E-state index in [9.17, 15) is 13.9 Å². The minimum Gasteiger partial charge on any atom is -0.384 e. The van der Waals surface area contributed by atoms with Crippen LogP contribution in [0.1, 0.15) is 25.3 Å². The van der Waals surface area contributed by atoms with Crippen LogP contribution in [0.3, 0.4) is 0 Å². The molecule has 0 saturated carbocycles. The second kappa shape index (κ2) is 4.34. The van der Waals surface area contributed by atoms with Crippen LogP contribution in [0.2, 0.25) is 0 Å². The van der Waals surface area contributed by atoms with E-state index >= 15 is 0 Å². The fourth-order valence-corrected chi connectivity index (χ4v) is 3.36. The molecule has 0 aromatic heterocycles. The summed E-state index contributed by atoms with van der Waals surface area (Å²) >= 11 is 1.55. The van der Waals surface area contributed by atoms with E-state index in [1.807, 2.05) is 6.92 Å². The summed E-state index contributed by atoms with van der Waals surface area (Å²) in [4.78, 5) is 0. The molecule has 0 amide bonds. The Balaban J connectivity index is 2.49. The molecule has 1 N–H and O–H groups in total. The Morgan fingerprint density at radius 3 is 2.56 bits per heavy atom. The van der Waals surface area contributed by atoms with Crippen LogP contribution in [-0.4, -0.2) is 16.1 Å². The molecule has 1 nitrogen and oxygen atoms in total. The largest absolute Gasteiger partial charge is 0.384 e. The Kier molecular flexibility index (Phi) is 3.22. The highest BCUT2D eigenvalue weighted by molar-refractivity contribution is 8.00. The van der Waals surface area contributed by atoms with E-state index in [-0.39, 0.29) is 10.8 Å². The molecule has 4 heteroatoms. The molecule has 0 aliphatic carbocycles. The zero-order valence-electron chi connectivity index (χ0n) is 9.04. The van der Waals surface area contributed by atoms with Crippen LogP contribution in [0, 0.1) is 11.6 Å². The molecule has 1 aromatic carbocycles. The average Bonchev–Trinajstić information content (AvgIpc) is 2.22. The van der Waals surface area contributed by atoms with E-state index in [4.69, 9.17) is 0 Å². The predicted octanol–water partition coefficient (Wildman–Crippen LogP) is 3.07. The number of hydrogen-bond donors (Lipinski definition) is 1. The van der Waals surface area contributed by atoms with Gasteiger partial charge in [-0.2, -0.15) is 11.8 Å². The standard InChI is InChI=1S/C12H14F2OS/c1-8-12(15,6-3-7-16-8)11-9(13)4-2-5-10(11)14/h2,4-5,8,15H,3,6-7H2,1H3. The number of halogens is 2. The quantitative estimate of drug-likeness (QED) is 0.819. The summed E-state index contributed by atoms with van der Waals surface area (Å²) in [5, 5.41) is 10.3. The molecule has 88 valence electrons. The molecule has 0 bridgehead atoms. The molecule has 0 radical (unpaired) electrons. The Morgan fingerprint density at radius 1 is 1.38 bits per heavy atom. The Morgan fingerprint density at radius 2 is 2.00 bits per heavy atom. The van der Waals surface area contributed by atoms with Gasteiger partial charge in [-0.15, -0.1) is 0 Å². The van der Waals surface area contributed by atoms with Gasteiger partial charge in [0.2, 0.25) is 0 Å². The number of rotatable bonds is 1. The lowest BCUT2D eigenvalue weighted by Crippen LogP contribution is -2.40. The van der Waals surface area contributed by atoms with Gasteiger partial charge in [0.05, 0.1) is 5.56 Å². The van der Waals surface area contributed by atoms with Crippen LogP contribution in [0.5, 0.6) is 0 Å². The normalized spacial score (nSPS) is 30.4.